The largest absolute Gasteiger partial charge is 0.396 e. The van der Waals surface area contributed by atoms with Crippen LogP contribution in [0, 0.1) is 5.92 Å². The van der Waals surface area contributed by atoms with Crippen LogP contribution in [0.25, 0.3) is 0 Å². The summed E-state index contributed by atoms with van der Waals surface area (Å²) in [4.78, 5) is 8.29. The molecule has 148 valence electrons. The fraction of sp³-hybridized carbons (Fsp3) is 0.550. The molecular weight excluding hydrogens is 382 g/mol. The van der Waals surface area contributed by atoms with E-state index in [1.807, 2.05) is 24.3 Å². The Hall–Kier alpha value is -1.18. The standard InChI is InChI=1S/C20H28ClN3O2S/c1-26-11-3-8-24-19(13-23-9-6-16(14-25)7-10-23)15-27-20(24)22-18-5-2-4-17(21)12-18/h2,4-5,12,15-16,25H,3,6-11,13-14H2,1H3. The van der Waals surface area contributed by atoms with Gasteiger partial charge in [0.15, 0.2) is 4.80 Å². The van der Waals surface area contributed by atoms with Gasteiger partial charge in [-0.25, -0.2) is 4.99 Å². The van der Waals surface area contributed by atoms with E-state index in [0.717, 1.165) is 62.5 Å². The molecule has 1 aliphatic heterocycles. The number of piperidine rings is 1. The fourth-order valence-electron chi connectivity index (χ4n) is 3.40. The number of ether oxygens (including phenoxy) is 1. The smallest absolute Gasteiger partial charge is 0.190 e. The lowest BCUT2D eigenvalue weighted by molar-refractivity contribution is 0.125. The van der Waals surface area contributed by atoms with Gasteiger partial charge in [0, 0.05) is 49.5 Å². The van der Waals surface area contributed by atoms with Crippen LogP contribution in [-0.4, -0.2) is 48.0 Å². The molecule has 0 amide bonds. The number of benzene rings is 1. The molecule has 1 aliphatic rings. The first-order valence-electron chi connectivity index (χ1n) is 9.49. The number of aliphatic hydroxyl groups excluding tert-OH is 1. The minimum atomic E-state index is 0.311. The number of halogens is 1. The second-order valence-corrected chi connectivity index (χ2v) is 8.27. The number of hydrogen-bond acceptors (Lipinski definition) is 5. The van der Waals surface area contributed by atoms with Gasteiger partial charge in [0.05, 0.1) is 5.69 Å². The van der Waals surface area contributed by atoms with Gasteiger partial charge in [-0.1, -0.05) is 17.7 Å². The average molecular weight is 410 g/mol. The molecule has 5 nitrogen and oxygen atoms in total. The number of thiazole rings is 1. The van der Waals surface area contributed by atoms with Gasteiger partial charge in [-0.2, -0.15) is 0 Å². The van der Waals surface area contributed by atoms with Crippen LogP contribution in [0.5, 0.6) is 0 Å². The lowest BCUT2D eigenvalue weighted by atomic mass is 9.98. The van der Waals surface area contributed by atoms with Gasteiger partial charge in [0.1, 0.15) is 0 Å². The van der Waals surface area contributed by atoms with Crippen molar-refractivity contribution in [1.29, 1.82) is 0 Å². The van der Waals surface area contributed by atoms with Crippen molar-refractivity contribution in [2.24, 2.45) is 10.9 Å². The normalized spacial score (nSPS) is 16.9. The van der Waals surface area contributed by atoms with Crippen LogP contribution in [0.3, 0.4) is 0 Å². The molecule has 1 aromatic heterocycles. The molecule has 0 spiro atoms. The van der Waals surface area contributed by atoms with E-state index in [4.69, 9.17) is 21.3 Å². The number of likely N-dealkylation sites (tertiary alicyclic amines) is 1. The van der Waals surface area contributed by atoms with Crippen LogP contribution in [0.2, 0.25) is 5.02 Å². The van der Waals surface area contributed by atoms with E-state index in [-0.39, 0.29) is 0 Å². The number of aliphatic hydroxyl groups is 1. The second kappa shape index (κ2) is 10.4. The molecule has 0 bridgehead atoms. The first-order chi connectivity index (χ1) is 13.2. The Morgan fingerprint density at radius 3 is 2.85 bits per heavy atom. The van der Waals surface area contributed by atoms with Crippen molar-refractivity contribution in [3.8, 4) is 0 Å². The number of hydrogen-bond donors (Lipinski definition) is 1. The molecule has 2 heterocycles. The molecule has 1 N–H and O–H groups in total. The molecule has 0 radical (unpaired) electrons. The summed E-state index contributed by atoms with van der Waals surface area (Å²) in [7, 11) is 1.74. The number of rotatable bonds is 8. The molecule has 7 heteroatoms. The highest BCUT2D eigenvalue weighted by Crippen LogP contribution is 2.20. The molecular formula is C20H28ClN3O2S. The van der Waals surface area contributed by atoms with Crippen LogP contribution < -0.4 is 4.80 Å². The quantitative estimate of drug-likeness (QED) is 0.676. The van der Waals surface area contributed by atoms with E-state index in [0.29, 0.717) is 17.5 Å². The van der Waals surface area contributed by atoms with Gasteiger partial charge in [-0.05, 0) is 56.5 Å². The van der Waals surface area contributed by atoms with Crippen molar-refractivity contribution in [3.63, 3.8) is 0 Å². The fourth-order valence-corrected chi connectivity index (χ4v) is 4.52. The summed E-state index contributed by atoms with van der Waals surface area (Å²) in [5.74, 6) is 0.464. The Morgan fingerprint density at radius 1 is 1.33 bits per heavy atom. The third kappa shape index (κ3) is 5.90. The molecule has 3 rings (SSSR count). The van der Waals surface area contributed by atoms with E-state index < -0.39 is 0 Å². The summed E-state index contributed by atoms with van der Waals surface area (Å²) in [6, 6.07) is 7.66. The minimum Gasteiger partial charge on any atom is -0.396 e. The Labute approximate surface area is 169 Å². The third-order valence-electron chi connectivity index (χ3n) is 4.99. The van der Waals surface area contributed by atoms with Crippen LogP contribution in [0.4, 0.5) is 5.69 Å². The van der Waals surface area contributed by atoms with E-state index >= 15 is 0 Å². The van der Waals surface area contributed by atoms with Gasteiger partial charge in [-0.15, -0.1) is 11.3 Å². The highest BCUT2D eigenvalue weighted by Gasteiger charge is 2.19. The molecule has 2 aromatic rings. The highest BCUT2D eigenvalue weighted by molar-refractivity contribution is 7.07. The monoisotopic (exact) mass is 409 g/mol. The topological polar surface area (TPSA) is 50.0 Å². The maximum atomic E-state index is 9.34. The Morgan fingerprint density at radius 2 is 2.15 bits per heavy atom. The predicted molar refractivity (Wildman–Crippen MR) is 111 cm³/mol. The lowest BCUT2D eigenvalue weighted by Crippen LogP contribution is -2.35. The highest BCUT2D eigenvalue weighted by atomic mass is 35.5. The second-order valence-electron chi connectivity index (χ2n) is 7.00. The summed E-state index contributed by atoms with van der Waals surface area (Å²) in [5, 5.41) is 12.3. The Balaban J connectivity index is 1.80. The maximum absolute atomic E-state index is 9.34. The Kier molecular flexibility index (Phi) is 7.91. The van der Waals surface area contributed by atoms with Crippen molar-refractivity contribution in [2.75, 3.05) is 33.4 Å². The predicted octanol–water partition coefficient (Wildman–Crippen LogP) is 3.68. The first kappa shape index (κ1) is 20.6. The zero-order chi connectivity index (χ0) is 19.1. The summed E-state index contributed by atoms with van der Waals surface area (Å²) < 4.78 is 7.54. The van der Waals surface area contributed by atoms with Gasteiger partial charge < -0.3 is 14.4 Å². The molecule has 0 unspecified atom stereocenters. The van der Waals surface area contributed by atoms with Crippen LogP contribution in [0.1, 0.15) is 25.0 Å². The van der Waals surface area contributed by atoms with Crippen molar-refractivity contribution in [2.45, 2.75) is 32.4 Å². The van der Waals surface area contributed by atoms with E-state index in [1.165, 1.54) is 5.69 Å². The number of nitrogens with zero attached hydrogens (tertiary/aromatic N) is 3. The first-order valence-corrected chi connectivity index (χ1v) is 10.7. The summed E-state index contributed by atoms with van der Waals surface area (Å²) in [6.07, 6.45) is 3.10. The summed E-state index contributed by atoms with van der Waals surface area (Å²) in [5.41, 5.74) is 2.17. The molecule has 1 saturated heterocycles. The van der Waals surface area contributed by atoms with Gasteiger partial charge >= 0.3 is 0 Å². The lowest BCUT2D eigenvalue weighted by Gasteiger charge is -2.31. The number of aromatic nitrogens is 1. The van der Waals surface area contributed by atoms with Crippen molar-refractivity contribution in [1.82, 2.24) is 9.47 Å². The minimum absolute atomic E-state index is 0.311. The SMILES string of the molecule is COCCCn1c(CN2CCC(CO)CC2)csc1=Nc1cccc(Cl)c1. The molecule has 0 saturated carbocycles. The molecule has 27 heavy (non-hydrogen) atoms. The molecule has 0 aliphatic carbocycles. The van der Waals surface area contributed by atoms with Crippen LogP contribution in [0.15, 0.2) is 34.6 Å². The molecule has 0 atom stereocenters. The van der Waals surface area contributed by atoms with Crippen LogP contribution >= 0.6 is 22.9 Å². The number of methoxy groups -OCH3 is 1. The third-order valence-corrected chi connectivity index (χ3v) is 6.14. The van der Waals surface area contributed by atoms with Crippen molar-refractivity contribution < 1.29 is 9.84 Å². The maximum Gasteiger partial charge on any atom is 0.190 e. The van der Waals surface area contributed by atoms with E-state index in [1.54, 1.807) is 18.4 Å². The van der Waals surface area contributed by atoms with Crippen LogP contribution in [-0.2, 0) is 17.8 Å². The summed E-state index contributed by atoms with van der Waals surface area (Å²) >= 11 is 7.78. The zero-order valence-corrected chi connectivity index (χ0v) is 17.4. The van der Waals surface area contributed by atoms with E-state index in [2.05, 4.69) is 14.8 Å². The molecule has 1 fully saturated rings. The van der Waals surface area contributed by atoms with E-state index in [9.17, 15) is 5.11 Å². The van der Waals surface area contributed by atoms with Crippen molar-refractivity contribution in [3.05, 3.63) is 45.2 Å². The van der Waals surface area contributed by atoms with Gasteiger partial charge in [-0.3, -0.25) is 4.90 Å². The zero-order valence-electron chi connectivity index (χ0n) is 15.8. The van der Waals surface area contributed by atoms with Gasteiger partial charge in [0.25, 0.3) is 0 Å². The molecule has 1 aromatic carbocycles. The van der Waals surface area contributed by atoms with Crippen molar-refractivity contribution >= 4 is 28.6 Å². The average Bonchev–Trinajstić information content (AvgIpc) is 3.04. The Bertz CT molecular complexity index is 782. The van der Waals surface area contributed by atoms with Gasteiger partial charge in [0.2, 0.25) is 0 Å². The summed E-state index contributed by atoms with van der Waals surface area (Å²) in [6.45, 7) is 4.94.